The molecule has 1 amide bonds. The zero-order valence-corrected chi connectivity index (χ0v) is 12.5. The fourth-order valence-electron chi connectivity index (χ4n) is 2.09. The summed E-state index contributed by atoms with van der Waals surface area (Å²) in [7, 11) is 0. The number of hydrogen-bond acceptors (Lipinski definition) is 4. The Hall–Kier alpha value is -0.650. The highest BCUT2D eigenvalue weighted by Gasteiger charge is 2.21. The molecule has 1 heterocycles. The highest BCUT2D eigenvalue weighted by atomic mass is 32.2. The van der Waals surface area contributed by atoms with Crippen molar-refractivity contribution in [3.63, 3.8) is 0 Å². The van der Waals surface area contributed by atoms with E-state index in [1.807, 2.05) is 53.9 Å². The molecule has 1 aromatic carbocycles. The summed E-state index contributed by atoms with van der Waals surface area (Å²) in [4.78, 5) is 11.6. The van der Waals surface area contributed by atoms with Crippen molar-refractivity contribution in [1.29, 1.82) is 0 Å². The van der Waals surface area contributed by atoms with Gasteiger partial charge >= 0.3 is 0 Å². The smallest absolute Gasteiger partial charge is 0.234 e. The molecule has 0 saturated carbocycles. The highest BCUT2D eigenvalue weighted by molar-refractivity contribution is 8.03. The van der Waals surface area contributed by atoms with Gasteiger partial charge in [0.05, 0.1) is 6.04 Å². The summed E-state index contributed by atoms with van der Waals surface area (Å²) in [6.07, 6.45) is 0.669. The Morgan fingerprint density at radius 2 is 1.89 bits per heavy atom. The van der Waals surface area contributed by atoms with Crippen LogP contribution in [0, 0.1) is 0 Å². The number of carbonyl (C=O) groups excluding carboxylic acids is 1. The van der Waals surface area contributed by atoms with Crippen LogP contribution in [0.2, 0.25) is 0 Å². The van der Waals surface area contributed by atoms with Gasteiger partial charge in [-0.1, -0.05) is 30.3 Å². The van der Waals surface area contributed by atoms with E-state index in [2.05, 4.69) is 5.32 Å². The summed E-state index contributed by atoms with van der Waals surface area (Å²) in [6.45, 7) is 0. The van der Waals surface area contributed by atoms with E-state index in [4.69, 9.17) is 5.73 Å². The lowest BCUT2D eigenvalue weighted by Gasteiger charge is -2.22. The van der Waals surface area contributed by atoms with Crippen molar-refractivity contribution in [2.24, 2.45) is 5.73 Å². The van der Waals surface area contributed by atoms with Crippen molar-refractivity contribution in [3.8, 4) is 0 Å². The molecule has 0 aliphatic carbocycles. The molecular weight excluding hydrogens is 276 g/mol. The molecule has 1 fully saturated rings. The van der Waals surface area contributed by atoms with Crippen LogP contribution in [0.25, 0.3) is 0 Å². The minimum Gasteiger partial charge on any atom is -0.368 e. The van der Waals surface area contributed by atoms with Gasteiger partial charge in [-0.05, 0) is 12.0 Å². The third-order valence-electron chi connectivity index (χ3n) is 3.07. The van der Waals surface area contributed by atoms with E-state index >= 15 is 0 Å². The molecule has 19 heavy (non-hydrogen) atoms. The van der Waals surface area contributed by atoms with Crippen molar-refractivity contribution in [1.82, 2.24) is 5.32 Å². The standard InChI is InChI=1S/C14H20N2OS2/c15-14(17)13(8-11-4-2-1-3-5-11)16-12-9-18-6-7-19-10-12/h1-5,12-13,16H,6-10H2,(H2,15,17)/t13-/m0/s1. The van der Waals surface area contributed by atoms with Crippen molar-refractivity contribution in [2.45, 2.75) is 18.5 Å². The van der Waals surface area contributed by atoms with Crippen molar-refractivity contribution >= 4 is 29.4 Å². The van der Waals surface area contributed by atoms with E-state index in [1.54, 1.807) is 0 Å². The minimum absolute atomic E-state index is 0.261. The minimum atomic E-state index is -0.272. The first-order valence-electron chi connectivity index (χ1n) is 6.50. The molecule has 0 aromatic heterocycles. The molecular formula is C14H20N2OS2. The monoisotopic (exact) mass is 296 g/mol. The van der Waals surface area contributed by atoms with E-state index < -0.39 is 0 Å². The zero-order valence-electron chi connectivity index (χ0n) is 10.9. The molecule has 0 unspecified atom stereocenters. The van der Waals surface area contributed by atoms with Gasteiger partial charge in [0.15, 0.2) is 0 Å². The van der Waals surface area contributed by atoms with E-state index in [0.717, 1.165) is 17.1 Å². The predicted octanol–water partition coefficient (Wildman–Crippen LogP) is 1.52. The average molecular weight is 296 g/mol. The third-order valence-corrected chi connectivity index (χ3v) is 5.59. The van der Waals surface area contributed by atoms with Gasteiger partial charge in [-0.2, -0.15) is 23.5 Å². The molecule has 0 radical (unpaired) electrons. The van der Waals surface area contributed by atoms with E-state index in [0.29, 0.717) is 12.5 Å². The van der Waals surface area contributed by atoms with Crippen LogP contribution in [0.1, 0.15) is 5.56 Å². The topological polar surface area (TPSA) is 55.1 Å². The largest absolute Gasteiger partial charge is 0.368 e. The van der Waals surface area contributed by atoms with Crippen LogP contribution in [0.15, 0.2) is 30.3 Å². The molecule has 0 bridgehead atoms. The van der Waals surface area contributed by atoms with Crippen LogP contribution >= 0.6 is 23.5 Å². The van der Waals surface area contributed by atoms with Crippen LogP contribution < -0.4 is 11.1 Å². The fourth-order valence-corrected chi connectivity index (χ4v) is 4.51. The first kappa shape index (κ1) is 14.8. The second-order valence-corrected chi connectivity index (χ2v) is 6.96. The molecule has 5 heteroatoms. The first-order chi connectivity index (χ1) is 9.25. The number of nitrogens with two attached hydrogens (primary N) is 1. The van der Waals surface area contributed by atoms with Crippen LogP contribution in [-0.2, 0) is 11.2 Å². The summed E-state index contributed by atoms with van der Waals surface area (Å²) in [6, 6.07) is 10.1. The molecule has 1 aliphatic heterocycles. The second-order valence-electron chi connectivity index (χ2n) is 4.66. The predicted molar refractivity (Wildman–Crippen MR) is 84.7 cm³/mol. The maximum Gasteiger partial charge on any atom is 0.234 e. The van der Waals surface area contributed by atoms with Gasteiger partial charge in [-0.15, -0.1) is 0 Å². The number of thioether (sulfide) groups is 2. The van der Waals surface area contributed by atoms with Gasteiger partial charge in [0.25, 0.3) is 0 Å². The number of carbonyl (C=O) groups is 1. The van der Waals surface area contributed by atoms with Gasteiger partial charge in [-0.3, -0.25) is 4.79 Å². The van der Waals surface area contributed by atoms with Crippen LogP contribution in [-0.4, -0.2) is 41.0 Å². The Kier molecular flexibility index (Phi) is 6.07. The van der Waals surface area contributed by atoms with E-state index in [-0.39, 0.29) is 11.9 Å². The molecule has 104 valence electrons. The Morgan fingerprint density at radius 3 is 2.47 bits per heavy atom. The first-order valence-corrected chi connectivity index (χ1v) is 8.81. The summed E-state index contributed by atoms with van der Waals surface area (Å²) in [5, 5.41) is 3.43. The molecule has 1 aromatic rings. The molecule has 1 atom stereocenters. The molecule has 2 rings (SSSR count). The fraction of sp³-hybridized carbons (Fsp3) is 0.500. The van der Waals surface area contributed by atoms with Crippen LogP contribution in [0.4, 0.5) is 0 Å². The van der Waals surface area contributed by atoms with Crippen LogP contribution in [0.3, 0.4) is 0 Å². The highest BCUT2D eigenvalue weighted by Crippen LogP contribution is 2.17. The number of nitrogens with one attached hydrogen (secondary N) is 1. The average Bonchev–Trinajstić information content (AvgIpc) is 2.68. The van der Waals surface area contributed by atoms with Gasteiger partial charge in [0, 0.05) is 29.1 Å². The molecule has 3 nitrogen and oxygen atoms in total. The van der Waals surface area contributed by atoms with Crippen molar-refractivity contribution < 1.29 is 4.79 Å². The lowest BCUT2D eigenvalue weighted by atomic mass is 10.0. The number of hydrogen-bond donors (Lipinski definition) is 2. The summed E-state index contributed by atoms with van der Waals surface area (Å²) < 4.78 is 0. The van der Waals surface area contributed by atoms with E-state index in [9.17, 15) is 4.79 Å². The van der Waals surface area contributed by atoms with Gasteiger partial charge in [0.1, 0.15) is 0 Å². The zero-order chi connectivity index (χ0) is 13.5. The second kappa shape index (κ2) is 7.82. The van der Waals surface area contributed by atoms with Gasteiger partial charge in [-0.25, -0.2) is 0 Å². The van der Waals surface area contributed by atoms with Crippen LogP contribution in [0.5, 0.6) is 0 Å². The third kappa shape index (κ3) is 5.09. The Morgan fingerprint density at radius 1 is 1.26 bits per heavy atom. The number of rotatable bonds is 5. The lowest BCUT2D eigenvalue weighted by molar-refractivity contribution is -0.120. The summed E-state index contributed by atoms with van der Waals surface area (Å²) in [5.74, 6) is 4.26. The SMILES string of the molecule is NC(=O)[C@H](Cc1ccccc1)NC1CSCCSC1. The van der Waals surface area contributed by atoms with E-state index in [1.165, 1.54) is 11.5 Å². The lowest BCUT2D eigenvalue weighted by Crippen LogP contribution is -2.49. The molecule has 3 N–H and O–H groups in total. The Balaban J connectivity index is 1.94. The van der Waals surface area contributed by atoms with Gasteiger partial charge in [0.2, 0.25) is 5.91 Å². The Bertz CT molecular complexity index is 392. The molecule has 0 spiro atoms. The summed E-state index contributed by atoms with van der Waals surface area (Å²) in [5.41, 5.74) is 6.67. The molecule has 1 aliphatic rings. The number of primary amides is 1. The quantitative estimate of drug-likeness (QED) is 0.865. The van der Waals surface area contributed by atoms with Crippen molar-refractivity contribution in [2.75, 3.05) is 23.0 Å². The van der Waals surface area contributed by atoms with Gasteiger partial charge < -0.3 is 11.1 Å². The maximum absolute atomic E-state index is 11.6. The maximum atomic E-state index is 11.6. The molecule has 1 saturated heterocycles. The number of benzene rings is 1. The number of amides is 1. The summed E-state index contributed by atoms with van der Waals surface area (Å²) >= 11 is 3.90. The normalized spacial score (nSPS) is 18.7. The van der Waals surface area contributed by atoms with Crippen molar-refractivity contribution in [3.05, 3.63) is 35.9 Å². The Labute approximate surface area is 123 Å².